The van der Waals surface area contributed by atoms with E-state index in [2.05, 4.69) is 20.8 Å². The molecular weight excluding hydrogens is 180 g/mol. The predicted octanol–water partition coefficient (Wildman–Crippen LogP) is 4.89. The summed E-state index contributed by atoms with van der Waals surface area (Å²) in [5.74, 6) is 5.29. The Labute approximate surface area is 95.8 Å². The lowest BCUT2D eigenvalue weighted by molar-refractivity contribution is 0.160. The van der Waals surface area contributed by atoms with Crippen molar-refractivity contribution in [3.63, 3.8) is 0 Å². The minimum Gasteiger partial charge on any atom is -0.0651 e. The van der Waals surface area contributed by atoms with Crippen LogP contribution in [0.2, 0.25) is 0 Å². The fourth-order valence-electron chi connectivity index (χ4n) is 4.19. The van der Waals surface area contributed by atoms with Gasteiger partial charge in [0.15, 0.2) is 0 Å². The van der Waals surface area contributed by atoms with Crippen LogP contribution < -0.4 is 0 Å². The molecule has 15 heavy (non-hydrogen) atoms. The minimum absolute atomic E-state index is 1.02. The third-order valence-electron chi connectivity index (χ3n) is 5.44. The first-order chi connectivity index (χ1) is 7.24. The van der Waals surface area contributed by atoms with Crippen LogP contribution in [0.15, 0.2) is 0 Å². The van der Waals surface area contributed by atoms with Gasteiger partial charge in [0.05, 0.1) is 0 Å². The van der Waals surface area contributed by atoms with Crippen LogP contribution >= 0.6 is 0 Å². The van der Waals surface area contributed by atoms with Crippen LogP contribution in [0.3, 0.4) is 0 Å². The highest BCUT2D eigenvalue weighted by Crippen LogP contribution is 2.47. The first-order valence-electron chi connectivity index (χ1n) is 7.24. The van der Waals surface area contributed by atoms with Crippen molar-refractivity contribution in [1.29, 1.82) is 0 Å². The lowest BCUT2D eigenvalue weighted by Crippen LogP contribution is -2.24. The Bertz CT molecular complexity index is 188. The molecule has 0 heterocycles. The van der Waals surface area contributed by atoms with Crippen molar-refractivity contribution in [2.45, 2.75) is 65.7 Å². The molecule has 0 aromatic rings. The summed E-state index contributed by atoms with van der Waals surface area (Å²) in [5, 5.41) is 0. The first-order valence-corrected chi connectivity index (χ1v) is 7.24. The Balaban J connectivity index is 2.09. The van der Waals surface area contributed by atoms with Crippen LogP contribution in [0.25, 0.3) is 0 Å². The van der Waals surface area contributed by atoms with Crippen LogP contribution in [0.1, 0.15) is 65.7 Å². The predicted molar refractivity (Wildman–Crippen MR) is 66.8 cm³/mol. The molecule has 88 valence electrons. The summed E-state index contributed by atoms with van der Waals surface area (Å²) in [4.78, 5) is 0. The summed E-state index contributed by atoms with van der Waals surface area (Å²) in [7, 11) is 0. The Kier molecular flexibility index (Phi) is 3.74. The normalized spacial score (nSPS) is 46.2. The van der Waals surface area contributed by atoms with E-state index in [0.717, 1.165) is 29.6 Å². The third kappa shape index (κ3) is 2.40. The quantitative estimate of drug-likeness (QED) is 0.606. The summed E-state index contributed by atoms with van der Waals surface area (Å²) in [6.07, 6.45) is 10.6. The molecule has 0 radical (unpaired) electrons. The second-order valence-electron chi connectivity index (χ2n) is 6.22. The van der Waals surface area contributed by atoms with E-state index in [4.69, 9.17) is 0 Å². The first kappa shape index (κ1) is 11.5. The van der Waals surface area contributed by atoms with Crippen molar-refractivity contribution in [3.05, 3.63) is 0 Å². The van der Waals surface area contributed by atoms with Gasteiger partial charge in [0.2, 0.25) is 0 Å². The van der Waals surface area contributed by atoms with Crippen molar-refractivity contribution in [3.8, 4) is 0 Å². The molecule has 2 bridgehead atoms. The van der Waals surface area contributed by atoms with Gasteiger partial charge in [0.1, 0.15) is 0 Å². The molecule has 0 aliphatic heterocycles. The Morgan fingerprint density at radius 2 is 1.67 bits per heavy atom. The van der Waals surface area contributed by atoms with Gasteiger partial charge in [-0.25, -0.2) is 0 Å². The van der Waals surface area contributed by atoms with Gasteiger partial charge in [-0.15, -0.1) is 0 Å². The average Bonchev–Trinajstić information content (AvgIpc) is 2.41. The van der Waals surface area contributed by atoms with E-state index < -0.39 is 0 Å². The molecular formula is C15H28. The molecule has 0 heteroatoms. The van der Waals surface area contributed by atoms with E-state index in [1.165, 1.54) is 25.7 Å². The van der Waals surface area contributed by atoms with Gasteiger partial charge in [-0.3, -0.25) is 0 Å². The molecule has 0 saturated heterocycles. The monoisotopic (exact) mass is 208 g/mol. The highest BCUT2D eigenvalue weighted by molar-refractivity contribution is 4.87. The topological polar surface area (TPSA) is 0 Å². The van der Waals surface area contributed by atoms with Crippen molar-refractivity contribution in [1.82, 2.24) is 0 Å². The summed E-state index contributed by atoms with van der Waals surface area (Å²) in [6.45, 7) is 7.31. The molecule has 5 atom stereocenters. The van der Waals surface area contributed by atoms with Crippen LogP contribution in [-0.4, -0.2) is 0 Å². The van der Waals surface area contributed by atoms with Crippen LogP contribution in [-0.2, 0) is 0 Å². The molecule has 0 aromatic carbocycles. The van der Waals surface area contributed by atoms with Crippen molar-refractivity contribution >= 4 is 0 Å². The molecule has 0 nitrogen and oxygen atoms in total. The van der Waals surface area contributed by atoms with Gasteiger partial charge in [0, 0.05) is 0 Å². The van der Waals surface area contributed by atoms with Crippen LogP contribution in [0.5, 0.6) is 0 Å². The van der Waals surface area contributed by atoms with Crippen molar-refractivity contribution < 1.29 is 0 Å². The highest BCUT2D eigenvalue weighted by atomic mass is 14.4. The highest BCUT2D eigenvalue weighted by Gasteiger charge is 2.36. The number of rotatable bonds is 2. The SMILES string of the molecule is CCC1CC2CC(CCC2C)C(CC)C1. The summed E-state index contributed by atoms with van der Waals surface area (Å²) < 4.78 is 0. The van der Waals surface area contributed by atoms with Gasteiger partial charge in [-0.1, -0.05) is 40.0 Å². The standard InChI is InChI=1S/C15H28/c1-4-12-8-13(5-2)14-7-6-11(3)15(9-12)10-14/h11-15H,4-10H2,1-3H3. The van der Waals surface area contributed by atoms with Crippen LogP contribution in [0.4, 0.5) is 0 Å². The molecule has 0 N–H and O–H groups in total. The molecule has 0 spiro atoms. The second-order valence-corrected chi connectivity index (χ2v) is 6.22. The van der Waals surface area contributed by atoms with Gasteiger partial charge in [-0.2, -0.15) is 0 Å². The molecule has 0 amide bonds. The molecule has 2 saturated carbocycles. The van der Waals surface area contributed by atoms with Gasteiger partial charge >= 0.3 is 0 Å². The maximum atomic E-state index is 2.50. The second kappa shape index (κ2) is 4.89. The van der Waals surface area contributed by atoms with Gasteiger partial charge < -0.3 is 0 Å². The largest absolute Gasteiger partial charge is 0.0651 e. The zero-order valence-corrected chi connectivity index (χ0v) is 10.8. The van der Waals surface area contributed by atoms with E-state index >= 15 is 0 Å². The summed E-state index contributed by atoms with van der Waals surface area (Å²) in [6, 6.07) is 0. The lowest BCUT2D eigenvalue weighted by Gasteiger charge is -2.35. The van der Waals surface area contributed by atoms with E-state index in [9.17, 15) is 0 Å². The summed E-state index contributed by atoms with van der Waals surface area (Å²) in [5.41, 5.74) is 0. The van der Waals surface area contributed by atoms with Crippen molar-refractivity contribution in [2.24, 2.45) is 29.6 Å². The lowest BCUT2D eigenvalue weighted by atomic mass is 9.71. The van der Waals surface area contributed by atoms with E-state index in [1.807, 2.05) is 0 Å². The molecule has 2 fully saturated rings. The number of hydrogen-bond acceptors (Lipinski definition) is 0. The zero-order chi connectivity index (χ0) is 10.8. The minimum atomic E-state index is 1.02. The molecule has 2 aliphatic rings. The van der Waals surface area contributed by atoms with Gasteiger partial charge in [-0.05, 0) is 55.3 Å². The van der Waals surface area contributed by atoms with E-state index in [1.54, 1.807) is 19.3 Å². The number of hydrogen-bond donors (Lipinski definition) is 0. The van der Waals surface area contributed by atoms with Crippen LogP contribution in [0, 0.1) is 29.6 Å². The molecule has 0 aromatic heterocycles. The Morgan fingerprint density at radius 1 is 0.867 bits per heavy atom. The maximum absolute atomic E-state index is 2.50. The molecule has 2 aliphatic carbocycles. The number of fused-ring (bicyclic) bond motifs is 2. The fourth-order valence-corrected chi connectivity index (χ4v) is 4.19. The van der Waals surface area contributed by atoms with E-state index in [-0.39, 0.29) is 0 Å². The third-order valence-corrected chi connectivity index (χ3v) is 5.44. The molecule has 5 unspecified atom stereocenters. The average molecular weight is 208 g/mol. The zero-order valence-electron chi connectivity index (χ0n) is 10.8. The Morgan fingerprint density at radius 3 is 2.33 bits per heavy atom. The fraction of sp³-hybridized carbons (Fsp3) is 1.00. The maximum Gasteiger partial charge on any atom is -0.0383 e. The van der Waals surface area contributed by atoms with E-state index in [0.29, 0.717) is 0 Å². The smallest absolute Gasteiger partial charge is 0.0383 e. The summed E-state index contributed by atoms with van der Waals surface area (Å²) >= 11 is 0. The van der Waals surface area contributed by atoms with Crippen molar-refractivity contribution in [2.75, 3.05) is 0 Å². The molecule has 2 rings (SSSR count). The Hall–Kier alpha value is 0. The van der Waals surface area contributed by atoms with Gasteiger partial charge in [0.25, 0.3) is 0 Å².